The number of nitrogens with zero attached hydrogens (tertiary/aromatic N) is 1. The first-order chi connectivity index (χ1) is 15.5. The number of H-pyrrole nitrogens is 1. The van der Waals surface area contributed by atoms with Crippen LogP contribution in [-0.2, 0) is 6.42 Å². The van der Waals surface area contributed by atoms with Gasteiger partial charge in [-0.3, -0.25) is 4.90 Å². The Labute approximate surface area is 199 Å². The lowest BCUT2D eigenvalue weighted by molar-refractivity contribution is 0.135. The van der Waals surface area contributed by atoms with Crippen LogP contribution >= 0.6 is 27.5 Å². The van der Waals surface area contributed by atoms with Crippen molar-refractivity contribution in [3.63, 3.8) is 0 Å². The second-order valence-electron chi connectivity index (χ2n) is 7.89. The second-order valence-corrected chi connectivity index (χ2v) is 9.27. The van der Waals surface area contributed by atoms with Gasteiger partial charge in [-0.05, 0) is 66.8 Å². The van der Waals surface area contributed by atoms with Crippen LogP contribution in [0.2, 0.25) is 0 Å². The molecule has 0 saturated carbocycles. The number of benzene rings is 2. The van der Waals surface area contributed by atoms with E-state index in [-0.39, 0.29) is 12.1 Å². The van der Waals surface area contributed by atoms with Gasteiger partial charge in [0.05, 0.1) is 7.11 Å². The topological polar surface area (TPSA) is 54.6 Å². The number of hydrogen-bond donors (Lipinski definition) is 1. The van der Waals surface area contributed by atoms with E-state index in [1.165, 1.54) is 5.56 Å². The average Bonchev–Trinajstić information content (AvgIpc) is 3.20. The van der Waals surface area contributed by atoms with E-state index in [0.29, 0.717) is 18.7 Å². The number of aromatic amines is 1. The third kappa shape index (κ3) is 3.82. The van der Waals surface area contributed by atoms with Gasteiger partial charge in [0.25, 0.3) is 0 Å². The van der Waals surface area contributed by atoms with E-state index in [4.69, 9.17) is 21.1 Å². The van der Waals surface area contributed by atoms with Crippen LogP contribution in [-0.4, -0.2) is 29.6 Å². The number of rotatable bonds is 3. The fraction of sp³-hybridized carbons (Fsp3) is 0.240. The Bertz CT molecular complexity index is 1280. The van der Waals surface area contributed by atoms with E-state index < -0.39 is 0 Å². The summed E-state index contributed by atoms with van der Waals surface area (Å²) in [5.74, 6) is 1.28. The third-order valence-corrected chi connectivity index (χ3v) is 6.93. The molecule has 2 aliphatic rings. The summed E-state index contributed by atoms with van der Waals surface area (Å²) in [5.41, 5.74) is 3.17. The lowest BCUT2D eigenvalue weighted by Gasteiger charge is -2.35. The first-order valence-electron chi connectivity index (χ1n) is 10.5. The molecule has 0 radical (unpaired) electrons. The standard InChI is InChI=1S/C25H22BrClN2O3/c1-31-17-9-5-15(6-10-17)24-23-19(22-20(27)3-2-4-21(22)28-23)13-14-29(24)25(30)32-18-11-7-16(26)8-12-18/h4-12,24,28H,2-3,13-14H2,1H3. The molecule has 0 bridgehead atoms. The Kier molecular flexibility index (Phi) is 5.74. The summed E-state index contributed by atoms with van der Waals surface area (Å²) >= 11 is 10.0. The maximum Gasteiger partial charge on any atom is 0.416 e. The molecule has 164 valence electrons. The quantitative estimate of drug-likeness (QED) is 0.545. The van der Waals surface area contributed by atoms with Crippen LogP contribution in [0.25, 0.3) is 11.1 Å². The number of amides is 1. The van der Waals surface area contributed by atoms with Crippen molar-refractivity contribution < 1.29 is 14.3 Å². The highest BCUT2D eigenvalue weighted by atomic mass is 79.9. The summed E-state index contributed by atoms with van der Waals surface area (Å²) in [6, 6.07) is 14.8. The summed E-state index contributed by atoms with van der Waals surface area (Å²) in [6.45, 7) is 0.535. The molecule has 1 aliphatic heterocycles. The molecule has 7 heteroatoms. The zero-order valence-electron chi connectivity index (χ0n) is 17.5. The molecule has 2 aromatic carbocycles. The van der Waals surface area contributed by atoms with Gasteiger partial charge < -0.3 is 14.5 Å². The summed E-state index contributed by atoms with van der Waals surface area (Å²) in [6.07, 6.45) is 4.28. The molecule has 1 unspecified atom stereocenters. The molecule has 3 aromatic rings. The molecular weight excluding hydrogens is 492 g/mol. The van der Waals surface area contributed by atoms with Crippen molar-refractivity contribution >= 4 is 44.7 Å². The van der Waals surface area contributed by atoms with Crippen LogP contribution in [0.5, 0.6) is 11.5 Å². The smallest absolute Gasteiger partial charge is 0.416 e. The largest absolute Gasteiger partial charge is 0.497 e. The van der Waals surface area contributed by atoms with E-state index in [2.05, 4.69) is 27.0 Å². The van der Waals surface area contributed by atoms with Gasteiger partial charge in [0.1, 0.15) is 17.5 Å². The van der Waals surface area contributed by atoms with Crippen molar-refractivity contribution in [1.82, 2.24) is 9.88 Å². The number of fused-ring (bicyclic) bond motifs is 3. The zero-order valence-corrected chi connectivity index (χ0v) is 19.9. The van der Waals surface area contributed by atoms with E-state index in [1.54, 1.807) is 24.1 Å². The highest BCUT2D eigenvalue weighted by Crippen LogP contribution is 2.35. The maximum absolute atomic E-state index is 13.3. The van der Waals surface area contributed by atoms with Crippen LogP contribution < -0.4 is 20.0 Å². The summed E-state index contributed by atoms with van der Waals surface area (Å²) in [5, 5.41) is 3.04. The zero-order chi connectivity index (χ0) is 22.2. The predicted molar refractivity (Wildman–Crippen MR) is 128 cm³/mol. The number of methoxy groups -OCH3 is 1. The van der Waals surface area contributed by atoms with Crippen LogP contribution in [0.15, 0.2) is 53.0 Å². The van der Waals surface area contributed by atoms with Crippen molar-refractivity contribution in [3.8, 4) is 11.5 Å². The number of ether oxygens (including phenoxy) is 2. The highest BCUT2D eigenvalue weighted by Gasteiger charge is 2.36. The maximum atomic E-state index is 13.3. The van der Waals surface area contributed by atoms with Gasteiger partial charge in [-0.1, -0.05) is 45.7 Å². The second kappa shape index (κ2) is 8.68. The molecule has 32 heavy (non-hydrogen) atoms. The summed E-state index contributed by atoms with van der Waals surface area (Å²) in [4.78, 5) is 18.6. The number of hydrogen-bond acceptors (Lipinski definition) is 3. The average molecular weight is 514 g/mol. The molecule has 0 saturated heterocycles. The van der Waals surface area contributed by atoms with E-state index in [0.717, 1.165) is 49.9 Å². The van der Waals surface area contributed by atoms with Crippen molar-refractivity contribution in [2.45, 2.75) is 25.3 Å². The molecule has 0 spiro atoms. The molecule has 5 rings (SSSR count). The molecular formula is C25H22BrClN2O3. The minimum atomic E-state index is -0.384. The Morgan fingerprint density at radius 3 is 2.53 bits per heavy atom. The minimum Gasteiger partial charge on any atom is -0.497 e. The predicted octanol–water partition coefficient (Wildman–Crippen LogP) is 4.85. The van der Waals surface area contributed by atoms with Crippen molar-refractivity contribution in [3.05, 3.63) is 80.4 Å². The van der Waals surface area contributed by atoms with E-state index in [9.17, 15) is 4.79 Å². The lowest BCUT2D eigenvalue weighted by atomic mass is 9.92. The van der Waals surface area contributed by atoms with Gasteiger partial charge in [0, 0.05) is 32.3 Å². The van der Waals surface area contributed by atoms with Gasteiger partial charge in [-0.25, -0.2) is 4.79 Å². The highest BCUT2D eigenvalue weighted by molar-refractivity contribution is 9.10. The SMILES string of the molecule is COc1ccc(C2c3[nH]c4c(c3CCN2C(=O)Oc2ccc(Br)cc2)=C(Cl)CCC=4)cc1. The first kappa shape index (κ1) is 21.2. The van der Waals surface area contributed by atoms with E-state index in [1.807, 2.05) is 36.4 Å². The summed E-state index contributed by atoms with van der Waals surface area (Å²) in [7, 11) is 1.64. The van der Waals surface area contributed by atoms with Gasteiger partial charge in [-0.15, -0.1) is 0 Å². The van der Waals surface area contributed by atoms with E-state index >= 15 is 0 Å². The van der Waals surface area contributed by atoms with Crippen molar-refractivity contribution in [2.75, 3.05) is 13.7 Å². The number of aromatic nitrogens is 1. The number of nitrogens with one attached hydrogen (secondary N) is 1. The van der Waals surface area contributed by atoms with Crippen molar-refractivity contribution in [2.24, 2.45) is 0 Å². The molecule has 0 fully saturated rings. The fourth-order valence-electron chi connectivity index (χ4n) is 4.51. The molecule has 2 heterocycles. The number of halogens is 2. The lowest BCUT2D eigenvalue weighted by Crippen LogP contribution is -2.43. The fourth-order valence-corrected chi connectivity index (χ4v) is 5.10. The van der Waals surface area contributed by atoms with Crippen molar-refractivity contribution in [1.29, 1.82) is 0 Å². The molecule has 1 aromatic heterocycles. The molecule has 1 N–H and O–H groups in total. The molecule has 1 aliphatic carbocycles. The number of carbonyl (C=O) groups is 1. The van der Waals surface area contributed by atoms with Crippen LogP contribution in [0.3, 0.4) is 0 Å². The monoisotopic (exact) mass is 512 g/mol. The van der Waals surface area contributed by atoms with Crippen LogP contribution in [0.4, 0.5) is 4.79 Å². The summed E-state index contributed by atoms with van der Waals surface area (Å²) < 4.78 is 12.0. The Morgan fingerprint density at radius 2 is 1.81 bits per heavy atom. The van der Waals surface area contributed by atoms with Crippen LogP contribution in [0, 0.1) is 0 Å². The van der Waals surface area contributed by atoms with Gasteiger partial charge in [-0.2, -0.15) is 0 Å². The normalized spacial score (nSPS) is 17.3. The first-order valence-corrected chi connectivity index (χ1v) is 11.7. The number of carbonyl (C=O) groups excluding carboxylic acids is 1. The minimum absolute atomic E-state index is 0.309. The Balaban J connectivity index is 1.58. The van der Waals surface area contributed by atoms with Gasteiger partial charge in [0.2, 0.25) is 0 Å². The van der Waals surface area contributed by atoms with Gasteiger partial charge >= 0.3 is 6.09 Å². The van der Waals surface area contributed by atoms with Crippen LogP contribution in [0.1, 0.15) is 35.7 Å². The Morgan fingerprint density at radius 1 is 1.09 bits per heavy atom. The Hall–Kier alpha value is -2.70. The third-order valence-electron chi connectivity index (χ3n) is 6.02. The molecule has 1 amide bonds. The molecule has 5 nitrogen and oxygen atoms in total. The molecule has 1 atom stereocenters. The van der Waals surface area contributed by atoms with Gasteiger partial charge in [0.15, 0.2) is 0 Å².